The maximum absolute atomic E-state index is 12.5. The Morgan fingerprint density at radius 3 is 2.60 bits per heavy atom. The molecule has 0 aliphatic carbocycles. The van der Waals surface area contributed by atoms with Gasteiger partial charge in [0.25, 0.3) is 11.6 Å². The fourth-order valence-electron chi connectivity index (χ4n) is 1.98. The largest absolute Gasteiger partial charge is 0.336 e. The van der Waals surface area contributed by atoms with E-state index in [-0.39, 0.29) is 23.2 Å². The number of nitrogens with one attached hydrogen (secondary N) is 1. The summed E-state index contributed by atoms with van der Waals surface area (Å²) in [5, 5.41) is 10.8. The third-order valence-electron chi connectivity index (χ3n) is 3.32. The van der Waals surface area contributed by atoms with Gasteiger partial charge < -0.3 is 10.3 Å². The van der Waals surface area contributed by atoms with E-state index >= 15 is 0 Å². The molecule has 1 amide bonds. The first-order chi connectivity index (χ1) is 9.46. The number of amides is 1. The number of hydrogen-bond acceptors (Lipinski definition) is 5. The van der Waals surface area contributed by atoms with Crippen LogP contribution in [0.4, 0.5) is 11.4 Å². The highest BCUT2D eigenvalue weighted by Crippen LogP contribution is 2.24. The highest BCUT2D eigenvalue weighted by atomic mass is 16.6. The number of rotatable bonds is 6. The summed E-state index contributed by atoms with van der Waals surface area (Å²) in [6.07, 6.45) is 0.805. The number of nitrogen functional groups attached to an aromatic ring is 1. The number of nitro groups is 1. The quantitative estimate of drug-likeness (QED) is 0.472. The van der Waals surface area contributed by atoms with Crippen LogP contribution in [0.1, 0.15) is 37.6 Å². The van der Waals surface area contributed by atoms with E-state index in [0.717, 1.165) is 6.42 Å². The first-order valence-electron chi connectivity index (χ1n) is 6.52. The van der Waals surface area contributed by atoms with Crippen LogP contribution in [0.5, 0.6) is 0 Å². The Bertz CT molecular complexity index is 504. The first-order valence-corrected chi connectivity index (χ1v) is 6.52. The summed E-state index contributed by atoms with van der Waals surface area (Å²) < 4.78 is 0. The standard InChI is InChI=1S/C13H20N4O3/c1-4-9(3)16(5-2)13(18)11-8-10(17(19)20)6-7-12(11)15-14/h6-9,15H,4-5,14H2,1-3H3. The molecule has 0 saturated heterocycles. The Labute approximate surface area is 117 Å². The molecule has 1 unspecified atom stereocenters. The molecule has 7 nitrogen and oxygen atoms in total. The number of carbonyl (C=O) groups is 1. The topological polar surface area (TPSA) is 102 Å². The van der Waals surface area contributed by atoms with Gasteiger partial charge in [-0.3, -0.25) is 20.8 Å². The van der Waals surface area contributed by atoms with Crippen molar-refractivity contribution >= 4 is 17.3 Å². The number of nitrogens with two attached hydrogens (primary N) is 1. The van der Waals surface area contributed by atoms with Crippen LogP contribution in [0.15, 0.2) is 18.2 Å². The van der Waals surface area contributed by atoms with E-state index in [2.05, 4.69) is 5.43 Å². The fraction of sp³-hybridized carbons (Fsp3) is 0.462. The second-order valence-electron chi connectivity index (χ2n) is 4.48. The second-order valence-corrected chi connectivity index (χ2v) is 4.48. The normalized spacial score (nSPS) is 11.8. The van der Waals surface area contributed by atoms with E-state index in [1.165, 1.54) is 18.2 Å². The van der Waals surface area contributed by atoms with Gasteiger partial charge in [0.05, 0.1) is 16.2 Å². The number of non-ortho nitro benzene ring substituents is 1. The molecule has 1 atom stereocenters. The molecule has 0 fully saturated rings. The van der Waals surface area contributed by atoms with Crippen molar-refractivity contribution in [3.05, 3.63) is 33.9 Å². The van der Waals surface area contributed by atoms with Crippen LogP contribution >= 0.6 is 0 Å². The molecule has 7 heteroatoms. The SMILES string of the molecule is CCC(C)N(CC)C(=O)c1cc([N+](=O)[O-])ccc1NN. The average molecular weight is 280 g/mol. The summed E-state index contributed by atoms with van der Waals surface area (Å²) in [6.45, 7) is 6.32. The van der Waals surface area contributed by atoms with Gasteiger partial charge in [0.1, 0.15) is 0 Å². The van der Waals surface area contributed by atoms with E-state index in [0.29, 0.717) is 12.2 Å². The van der Waals surface area contributed by atoms with Gasteiger partial charge in [0.15, 0.2) is 0 Å². The van der Waals surface area contributed by atoms with E-state index in [1.54, 1.807) is 4.90 Å². The third-order valence-corrected chi connectivity index (χ3v) is 3.32. The number of anilines is 1. The maximum Gasteiger partial charge on any atom is 0.270 e. The summed E-state index contributed by atoms with van der Waals surface area (Å²) >= 11 is 0. The molecule has 110 valence electrons. The fourth-order valence-corrected chi connectivity index (χ4v) is 1.98. The lowest BCUT2D eigenvalue weighted by Gasteiger charge is -2.28. The van der Waals surface area contributed by atoms with Crippen LogP contribution in [0, 0.1) is 10.1 Å². The predicted molar refractivity (Wildman–Crippen MR) is 77.4 cm³/mol. The van der Waals surface area contributed by atoms with Gasteiger partial charge >= 0.3 is 0 Å². The molecule has 0 bridgehead atoms. The summed E-state index contributed by atoms with van der Waals surface area (Å²) in [5.41, 5.74) is 2.87. The van der Waals surface area contributed by atoms with Crippen LogP contribution in [0.2, 0.25) is 0 Å². The molecule has 1 aromatic carbocycles. The van der Waals surface area contributed by atoms with E-state index in [1.807, 2.05) is 20.8 Å². The molecule has 1 rings (SSSR count). The molecule has 3 N–H and O–H groups in total. The van der Waals surface area contributed by atoms with Crippen molar-refractivity contribution in [3.8, 4) is 0 Å². The minimum Gasteiger partial charge on any atom is -0.336 e. The summed E-state index contributed by atoms with van der Waals surface area (Å²) in [4.78, 5) is 24.5. The van der Waals surface area contributed by atoms with Crippen molar-refractivity contribution in [1.82, 2.24) is 4.90 Å². The summed E-state index contributed by atoms with van der Waals surface area (Å²) in [7, 11) is 0. The van der Waals surface area contributed by atoms with E-state index in [4.69, 9.17) is 5.84 Å². The van der Waals surface area contributed by atoms with E-state index < -0.39 is 4.92 Å². The zero-order chi connectivity index (χ0) is 15.3. The molecule has 0 heterocycles. The van der Waals surface area contributed by atoms with Crippen LogP contribution < -0.4 is 11.3 Å². The van der Waals surface area contributed by atoms with Gasteiger partial charge in [-0.05, 0) is 26.3 Å². The Kier molecular flexibility index (Phi) is 5.45. The number of carbonyl (C=O) groups excluding carboxylic acids is 1. The summed E-state index contributed by atoms with van der Waals surface area (Å²) in [5.74, 6) is 5.11. The molecule has 1 aromatic rings. The third kappa shape index (κ3) is 3.24. The molecule has 0 saturated carbocycles. The van der Waals surface area contributed by atoms with E-state index in [9.17, 15) is 14.9 Å². The number of benzene rings is 1. The van der Waals surface area contributed by atoms with Crippen molar-refractivity contribution in [1.29, 1.82) is 0 Å². The Balaban J connectivity index is 3.24. The molecule has 20 heavy (non-hydrogen) atoms. The monoisotopic (exact) mass is 280 g/mol. The molecule has 0 spiro atoms. The molecule has 0 aromatic heterocycles. The molecular formula is C13H20N4O3. The lowest BCUT2D eigenvalue weighted by Crippen LogP contribution is -2.38. The van der Waals surface area contributed by atoms with Crippen molar-refractivity contribution in [2.45, 2.75) is 33.2 Å². The highest BCUT2D eigenvalue weighted by molar-refractivity contribution is 6.00. The molecule has 0 aliphatic rings. The summed E-state index contributed by atoms with van der Waals surface area (Å²) in [6, 6.07) is 4.06. The van der Waals surface area contributed by atoms with Crippen LogP contribution in [0.3, 0.4) is 0 Å². The van der Waals surface area contributed by atoms with Crippen LogP contribution in [-0.4, -0.2) is 28.3 Å². The second kappa shape index (κ2) is 6.85. The van der Waals surface area contributed by atoms with Crippen LogP contribution in [0.25, 0.3) is 0 Å². The smallest absolute Gasteiger partial charge is 0.270 e. The molecule has 0 aliphatic heterocycles. The van der Waals surface area contributed by atoms with Gasteiger partial charge in [-0.2, -0.15) is 0 Å². The first kappa shape index (κ1) is 15.9. The Morgan fingerprint density at radius 2 is 2.15 bits per heavy atom. The molecular weight excluding hydrogens is 260 g/mol. The van der Waals surface area contributed by atoms with Gasteiger partial charge in [-0.1, -0.05) is 6.92 Å². The van der Waals surface area contributed by atoms with Crippen molar-refractivity contribution in [3.63, 3.8) is 0 Å². The minimum absolute atomic E-state index is 0.0531. The maximum atomic E-state index is 12.5. The Morgan fingerprint density at radius 1 is 1.50 bits per heavy atom. The van der Waals surface area contributed by atoms with Crippen LogP contribution in [-0.2, 0) is 0 Å². The number of nitro benzene ring substituents is 1. The van der Waals surface area contributed by atoms with Crippen molar-refractivity contribution in [2.75, 3.05) is 12.0 Å². The highest BCUT2D eigenvalue weighted by Gasteiger charge is 2.23. The van der Waals surface area contributed by atoms with Gasteiger partial charge in [0, 0.05) is 24.7 Å². The molecule has 0 radical (unpaired) electrons. The number of hydrazine groups is 1. The zero-order valence-corrected chi connectivity index (χ0v) is 11.9. The zero-order valence-electron chi connectivity index (χ0n) is 11.9. The lowest BCUT2D eigenvalue weighted by molar-refractivity contribution is -0.384. The number of hydrogen-bond donors (Lipinski definition) is 2. The van der Waals surface area contributed by atoms with Crippen molar-refractivity contribution < 1.29 is 9.72 Å². The van der Waals surface area contributed by atoms with Gasteiger partial charge in [-0.25, -0.2) is 0 Å². The minimum atomic E-state index is -0.531. The predicted octanol–water partition coefficient (Wildman–Crippen LogP) is 2.14. The van der Waals surface area contributed by atoms with Gasteiger partial charge in [0.2, 0.25) is 0 Å². The average Bonchev–Trinajstić information content (AvgIpc) is 2.46. The van der Waals surface area contributed by atoms with Gasteiger partial charge in [-0.15, -0.1) is 0 Å². The Hall–Kier alpha value is -2.15. The number of nitrogens with zero attached hydrogens (tertiary/aromatic N) is 2. The van der Waals surface area contributed by atoms with Crippen molar-refractivity contribution in [2.24, 2.45) is 5.84 Å². The lowest BCUT2D eigenvalue weighted by atomic mass is 10.1.